The lowest BCUT2D eigenvalue weighted by Crippen LogP contribution is -2.48. The minimum absolute atomic E-state index is 0.0316. The molecule has 7 nitrogen and oxygen atoms in total. The highest BCUT2D eigenvalue weighted by molar-refractivity contribution is 7.11. The van der Waals surface area contributed by atoms with Crippen LogP contribution in [0.5, 0.6) is 5.75 Å². The third-order valence-corrected chi connectivity index (χ3v) is 7.23. The summed E-state index contributed by atoms with van der Waals surface area (Å²) in [5, 5.41) is 3.25. The van der Waals surface area contributed by atoms with Gasteiger partial charge in [-0.2, -0.15) is 4.37 Å². The van der Waals surface area contributed by atoms with Crippen LogP contribution >= 0.6 is 34.7 Å². The van der Waals surface area contributed by atoms with Crippen molar-refractivity contribution in [2.75, 3.05) is 26.9 Å². The van der Waals surface area contributed by atoms with E-state index in [0.29, 0.717) is 17.9 Å². The van der Waals surface area contributed by atoms with E-state index < -0.39 is 11.9 Å². The minimum atomic E-state index is -0.887. The predicted molar refractivity (Wildman–Crippen MR) is 130 cm³/mol. The Morgan fingerprint density at radius 3 is 2.48 bits per heavy atom. The molecule has 0 bridgehead atoms. The molecule has 3 rings (SSSR count). The quantitative estimate of drug-likeness (QED) is 0.476. The highest BCUT2D eigenvalue weighted by atomic mass is 35.5. The highest BCUT2D eigenvalue weighted by Gasteiger charge is 2.35. The summed E-state index contributed by atoms with van der Waals surface area (Å²) in [5.74, 6) is -0.0253. The van der Waals surface area contributed by atoms with Crippen molar-refractivity contribution in [1.29, 1.82) is 0 Å². The van der Waals surface area contributed by atoms with Gasteiger partial charge in [-0.3, -0.25) is 9.59 Å². The van der Waals surface area contributed by atoms with Crippen molar-refractivity contribution in [2.45, 2.75) is 51.1 Å². The van der Waals surface area contributed by atoms with Crippen LogP contribution in [0.4, 0.5) is 0 Å². The molecule has 0 unspecified atom stereocenters. The summed E-state index contributed by atoms with van der Waals surface area (Å²) < 4.78 is 15.1. The molecule has 33 heavy (non-hydrogen) atoms. The van der Waals surface area contributed by atoms with Crippen LogP contribution in [0, 0.1) is 0 Å². The van der Waals surface area contributed by atoms with E-state index in [2.05, 4.69) is 9.69 Å². The molecule has 10 heteroatoms. The average Bonchev–Trinajstić information content (AvgIpc) is 3.16. The maximum atomic E-state index is 13.6. The van der Waals surface area contributed by atoms with Crippen molar-refractivity contribution < 1.29 is 19.1 Å². The zero-order valence-electron chi connectivity index (χ0n) is 18.8. The normalized spacial score (nSPS) is 15.2. The summed E-state index contributed by atoms with van der Waals surface area (Å²) in [4.78, 5) is 28.6. The molecule has 1 aliphatic rings. The van der Waals surface area contributed by atoms with E-state index in [1.54, 1.807) is 31.4 Å². The number of hydrogen-bond donors (Lipinski definition) is 1. The van der Waals surface area contributed by atoms with Gasteiger partial charge in [-0.15, -0.1) is 0 Å². The first-order chi connectivity index (χ1) is 16.0. The van der Waals surface area contributed by atoms with Gasteiger partial charge in [0.1, 0.15) is 21.2 Å². The molecule has 2 amide bonds. The van der Waals surface area contributed by atoms with Gasteiger partial charge in [0.05, 0.1) is 13.2 Å². The topological polar surface area (TPSA) is 80.8 Å². The summed E-state index contributed by atoms with van der Waals surface area (Å²) in [5.41, 5.74) is 0.692. The zero-order valence-corrected chi connectivity index (χ0v) is 21.1. The van der Waals surface area contributed by atoms with Gasteiger partial charge in [0.25, 0.3) is 5.91 Å². The summed E-state index contributed by atoms with van der Waals surface area (Å²) in [6, 6.07) is 6.41. The van der Waals surface area contributed by atoms with Crippen LogP contribution in [-0.2, 0) is 9.53 Å². The number of carbonyl (C=O) groups is 2. The maximum Gasteiger partial charge on any atom is 0.276 e. The highest BCUT2D eigenvalue weighted by Crippen LogP contribution is 2.33. The number of benzene rings is 1. The number of aromatic nitrogens is 1. The number of methoxy groups -OCH3 is 1. The minimum Gasteiger partial charge on any atom is -0.494 e. The first-order valence-electron chi connectivity index (χ1n) is 11.1. The number of nitrogens with zero attached hydrogens (tertiary/aromatic N) is 2. The van der Waals surface area contributed by atoms with Crippen LogP contribution in [0.2, 0.25) is 9.36 Å². The fourth-order valence-electron chi connectivity index (χ4n) is 3.98. The van der Waals surface area contributed by atoms with E-state index in [4.69, 9.17) is 32.7 Å². The molecule has 0 spiro atoms. The number of rotatable bonds is 10. The standard InChI is InChI=1S/C23H29Cl2N3O4S/c1-3-32-17-11-9-15(10-12-17)20(22(29)26-16-7-5-4-6-8-16)28(13-14-31-2)23(30)19-18(24)21(25)33-27-19/h9-12,16,20H,3-8,13-14H2,1-2H3,(H,26,29)/t20-/m1/s1. The van der Waals surface area contributed by atoms with E-state index in [9.17, 15) is 9.59 Å². The molecule has 1 aromatic carbocycles. The Morgan fingerprint density at radius 1 is 1.21 bits per heavy atom. The number of ether oxygens (including phenoxy) is 2. The largest absolute Gasteiger partial charge is 0.494 e. The lowest BCUT2D eigenvalue weighted by Gasteiger charge is -2.33. The molecule has 1 N–H and O–H groups in total. The Morgan fingerprint density at radius 2 is 1.91 bits per heavy atom. The Kier molecular flexibility index (Phi) is 9.79. The molecule has 0 aliphatic heterocycles. The van der Waals surface area contributed by atoms with Crippen molar-refractivity contribution >= 4 is 46.5 Å². The Labute approximate surface area is 208 Å². The maximum absolute atomic E-state index is 13.6. The van der Waals surface area contributed by atoms with Crippen molar-refractivity contribution in [3.8, 4) is 5.75 Å². The number of halogens is 2. The summed E-state index contributed by atoms with van der Waals surface area (Å²) >= 11 is 13.2. The predicted octanol–water partition coefficient (Wildman–Crippen LogP) is 5.13. The van der Waals surface area contributed by atoms with Crippen molar-refractivity contribution in [1.82, 2.24) is 14.6 Å². The van der Waals surface area contributed by atoms with Gasteiger partial charge in [0.2, 0.25) is 5.91 Å². The first-order valence-corrected chi connectivity index (χ1v) is 12.6. The van der Waals surface area contributed by atoms with Crippen LogP contribution in [-0.4, -0.2) is 54.0 Å². The summed E-state index contributed by atoms with van der Waals surface area (Å²) in [6.07, 6.45) is 5.20. The van der Waals surface area contributed by atoms with E-state index in [0.717, 1.165) is 37.2 Å². The monoisotopic (exact) mass is 513 g/mol. The molecular weight excluding hydrogens is 485 g/mol. The molecule has 0 radical (unpaired) electrons. The fraction of sp³-hybridized carbons (Fsp3) is 0.522. The van der Waals surface area contributed by atoms with Crippen LogP contribution in [0.15, 0.2) is 24.3 Å². The van der Waals surface area contributed by atoms with Gasteiger partial charge in [-0.25, -0.2) is 0 Å². The summed E-state index contributed by atoms with van der Waals surface area (Å²) in [7, 11) is 1.54. The zero-order chi connectivity index (χ0) is 23.8. The van der Waals surface area contributed by atoms with Gasteiger partial charge >= 0.3 is 0 Å². The molecule has 180 valence electrons. The number of amides is 2. The van der Waals surface area contributed by atoms with Gasteiger partial charge in [0, 0.05) is 19.7 Å². The molecule has 0 saturated heterocycles. The molecule has 1 atom stereocenters. The first kappa shape index (κ1) is 25.7. The van der Waals surface area contributed by atoms with Crippen molar-refractivity contribution in [3.05, 3.63) is 44.9 Å². The summed E-state index contributed by atoms with van der Waals surface area (Å²) in [6.45, 7) is 2.86. The van der Waals surface area contributed by atoms with Gasteiger partial charge in [0.15, 0.2) is 5.69 Å². The van der Waals surface area contributed by atoms with Crippen LogP contribution in [0.25, 0.3) is 0 Å². The van der Waals surface area contributed by atoms with E-state index >= 15 is 0 Å². The molecule has 1 aromatic heterocycles. The molecular formula is C23H29Cl2N3O4S. The Balaban J connectivity index is 1.97. The Bertz CT molecular complexity index is 932. The SMILES string of the molecule is CCOc1ccc([C@H](C(=O)NC2CCCCC2)N(CCOC)C(=O)c2nsc(Cl)c2Cl)cc1. The molecule has 1 aliphatic carbocycles. The van der Waals surface area contributed by atoms with E-state index in [-0.39, 0.29) is 40.2 Å². The van der Waals surface area contributed by atoms with Gasteiger partial charge in [-0.1, -0.05) is 54.6 Å². The number of nitrogens with one attached hydrogen (secondary N) is 1. The fourth-order valence-corrected chi connectivity index (χ4v) is 4.97. The third kappa shape index (κ3) is 6.59. The third-order valence-electron chi connectivity index (χ3n) is 5.62. The smallest absolute Gasteiger partial charge is 0.276 e. The van der Waals surface area contributed by atoms with E-state index in [1.807, 2.05) is 6.92 Å². The Hall–Kier alpha value is -1.87. The van der Waals surface area contributed by atoms with Gasteiger partial charge in [-0.05, 0) is 49.0 Å². The van der Waals surface area contributed by atoms with Crippen LogP contribution < -0.4 is 10.1 Å². The average molecular weight is 514 g/mol. The number of carbonyl (C=O) groups excluding carboxylic acids is 2. The lowest BCUT2D eigenvalue weighted by molar-refractivity contribution is -0.127. The van der Waals surface area contributed by atoms with Crippen LogP contribution in [0.3, 0.4) is 0 Å². The lowest BCUT2D eigenvalue weighted by atomic mass is 9.94. The van der Waals surface area contributed by atoms with Crippen molar-refractivity contribution in [2.24, 2.45) is 0 Å². The van der Waals surface area contributed by atoms with Crippen molar-refractivity contribution in [3.63, 3.8) is 0 Å². The van der Waals surface area contributed by atoms with E-state index in [1.165, 1.54) is 11.3 Å². The second-order valence-electron chi connectivity index (χ2n) is 7.86. The molecule has 1 fully saturated rings. The van der Waals surface area contributed by atoms with Gasteiger partial charge < -0.3 is 19.7 Å². The number of hydrogen-bond acceptors (Lipinski definition) is 6. The molecule has 1 saturated carbocycles. The molecule has 1 heterocycles. The second kappa shape index (κ2) is 12.6. The second-order valence-corrected chi connectivity index (χ2v) is 9.61. The van der Waals surface area contributed by atoms with Crippen LogP contribution in [0.1, 0.15) is 61.1 Å². The molecule has 2 aromatic rings.